The van der Waals surface area contributed by atoms with Gasteiger partial charge in [0.1, 0.15) is 0 Å². The molecular formula is C16H23N3O2. The maximum Gasteiger partial charge on any atom is 0.271 e. The van der Waals surface area contributed by atoms with Crippen molar-refractivity contribution < 1.29 is 4.92 Å². The quantitative estimate of drug-likeness (QED) is 0.672. The number of hydrogen-bond donors (Lipinski definition) is 1. The van der Waals surface area contributed by atoms with E-state index < -0.39 is 0 Å². The molecule has 1 aromatic carbocycles. The van der Waals surface area contributed by atoms with Gasteiger partial charge in [-0.15, -0.1) is 0 Å². The number of nitro benzene ring substituents is 1. The first-order valence-corrected chi connectivity index (χ1v) is 7.71. The molecule has 0 radical (unpaired) electrons. The van der Waals surface area contributed by atoms with Crippen LogP contribution >= 0.6 is 0 Å². The predicted molar refractivity (Wildman–Crippen MR) is 84.0 cm³/mol. The lowest BCUT2D eigenvalue weighted by atomic mass is 9.81. The first-order chi connectivity index (χ1) is 9.93. The predicted octanol–water partition coefficient (Wildman–Crippen LogP) is 2.83. The van der Waals surface area contributed by atoms with E-state index in [2.05, 4.69) is 31.0 Å². The molecule has 5 nitrogen and oxygen atoms in total. The van der Waals surface area contributed by atoms with E-state index in [-0.39, 0.29) is 16.0 Å². The molecule has 5 heteroatoms. The molecule has 0 aromatic heterocycles. The van der Waals surface area contributed by atoms with Crippen LogP contribution in [0, 0.1) is 10.1 Å². The summed E-state index contributed by atoms with van der Waals surface area (Å²) in [5, 5.41) is 14.5. The van der Waals surface area contributed by atoms with E-state index >= 15 is 0 Å². The second kappa shape index (κ2) is 4.98. The molecule has 3 rings (SSSR count). The number of piperidine rings is 1. The third-order valence-corrected chi connectivity index (χ3v) is 5.33. The third-order valence-electron chi connectivity index (χ3n) is 5.33. The Morgan fingerprint density at radius 3 is 2.62 bits per heavy atom. The number of benzene rings is 1. The number of non-ortho nitro benzene ring substituents is 1. The molecule has 2 aliphatic rings. The second-order valence-corrected chi connectivity index (χ2v) is 6.74. The fraction of sp³-hybridized carbons (Fsp3) is 0.625. The standard InChI is InChI=1S/C16H23N3O2/c1-11-16(2,3)14-5-4-13(19(20)21)10-15(14)18(11)12-6-8-17-9-7-12/h4-5,10-12,17H,6-9H2,1-3H3. The normalized spacial score (nSPS) is 24.9. The van der Waals surface area contributed by atoms with Gasteiger partial charge in [0, 0.05) is 35.3 Å². The van der Waals surface area contributed by atoms with Crippen molar-refractivity contribution in [2.45, 2.75) is 51.1 Å². The van der Waals surface area contributed by atoms with E-state index in [1.807, 2.05) is 6.07 Å². The molecule has 1 N–H and O–H groups in total. The van der Waals surface area contributed by atoms with Crippen molar-refractivity contribution in [1.82, 2.24) is 5.32 Å². The third kappa shape index (κ3) is 2.20. The van der Waals surface area contributed by atoms with Crippen LogP contribution in [-0.2, 0) is 5.41 Å². The van der Waals surface area contributed by atoms with Crippen LogP contribution in [0.5, 0.6) is 0 Å². The maximum atomic E-state index is 11.1. The molecule has 1 unspecified atom stereocenters. The first kappa shape index (κ1) is 14.3. The largest absolute Gasteiger partial charge is 0.364 e. The first-order valence-electron chi connectivity index (χ1n) is 7.71. The van der Waals surface area contributed by atoms with Crippen molar-refractivity contribution in [3.63, 3.8) is 0 Å². The van der Waals surface area contributed by atoms with E-state index in [1.54, 1.807) is 12.1 Å². The van der Waals surface area contributed by atoms with E-state index in [0.29, 0.717) is 12.1 Å². The number of nitro groups is 1. The Morgan fingerprint density at radius 1 is 1.33 bits per heavy atom. The van der Waals surface area contributed by atoms with Crippen LogP contribution in [0.2, 0.25) is 0 Å². The van der Waals surface area contributed by atoms with Gasteiger partial charge < -0.3 is 10.2 Å². The lowest BCUT2D eigenvalue weighted by Gasteiger charge is -2.39. The van der Waals surface area contributed by atoms with E-state index in [0.717, 1.165) is 31.6 Å². The Morgan fingerprint density at radius 2 is 2.00 bits per heavy atom. The van der Waals surface area contributed by atoms with Crippen LogP contribution in [0.3, 0.4) is 0 Å². The summed E-state index contributed by atoms with van der Waals surface area (Å²) in [4.78, 5) is 13.2. The van der Waals surface area contributed by atoms with Crippen LogP contribution in [0.4, 0.5) is 11.4 Å². The minimum absolute atomic E-state index is 0.0232. The molecule has 0 aliphatic carbocycles. The molecule has 0 amide bonds. The summed E-state index contributed by atoms with van der Waals surface area (Å²) < 4.78 is 0. The average Bonchev–Trinajstić information content (AvgIpc) is 2.67. The van der Waals surface area contributed by atoms with Crippen molar-refractivity contribution >= 4 is 11.4 Å². The molecule has 1 atom stereocenters. The Hall–Kier alpha value is -1.62. The zero-order chi connectivity index (χ0) is 15.2. The molecule has 1 saturated heterocycles. The summed E-state index contributed by atoms with van der Waals surface area (Å²) in [6, 6.07) is 6.19. The molecule has 0 saturated carbocycles. The zero-order valence-corrected chi connectivity index (χ0v) is 12.9. The van der Waals surface area contributed by atoms with Gasteiger partial charge in [0.15, 0.2) is 0 Å². The highest BCUT2D eigenvalue weighted by molar-refractivity contribution is 5.68. The average molecular weight is 289 g/mol. The summed E-state index contributed by atoms with van der Waals surface area (Å²) >= 11 is 0. The van der Waals surface area contributed by atoms with Crippen LogP contribution < -0.4 is 10.2 Å². The summed E-state index contributed by atoms with van der Waals surface area (Å²) in [5.74, 6) is 0. The van der Waals surface area contributed by atoms with E-state index in [1.165, 1.54) is 5.56 Å². The number of nitrogens with zero attached hydrogens (tertiary/aromatic N) is 2. The van der Waals surface area contributed by atoms with Gasteiger partial charge >= 0.3 is 0 Å². The zero-order valence-electron chi connectivity index (χ0n) is 12.9. The number of anilines is 1. The fourth-order valence-electron chi connectivity index (χ4n) is 3.77. The highest BCUT2D eigenvalue weighted by Gasteiger charge is 2.45. The summed E-state index contributed by atoms with van der Waals surface area (Å²) in [7, 11) is 0. The second-order valence-electron chi connectivity index (χ2n) is 6.74. The maximum absolute atomic E-state index is 11.1. The van der Waals surface area contributed by atoms with Gasteiger partial charge in [-0.25, -0.2) is 0 Å². The molecule has 21 heavy (non-hydrogen) atoms. The summed E-state index contributed by atoms with van der Waals surface area (Å²) in [6.45, 7) is 8.78. The van der Waals surface area contributed by atoms with Crippen molar-refractivity contribution in [3.8, 4) is 0 Å². The van der Waals surface area contributed by atoms with Crippen LogP contribution in [0.25, 0.3) is 0 Å². The minimum Gasteiger partial charge on any atom is -0.364 e. The van der Waals surface area contributed by atoms with Crippen molar-refractivity contribution in [3.05, 3.63) is 33.9 Å². The molecule has 2 heterocycles. The number of fused-ring (bicyclic) bond motifs is 1. The van der Waals surface area contributed by atoms with Gasteiger partial charge in [-0.1, -0.05) is 13.8 Å². The van der Waals surface area contributed by atoms with Gasteiger partial charge in [-0.2, -0.15) is 0 Å². The number of nitrogens with one attached hydrogen (secondary N) is 1. The monoisotopic (exact) mass is 289 g/mol. The summed E-state index contributed by atoms with van der Waals surface area (Å²) in [5.41, 5.74) is 2.51. The topological polar surface area (TPSA) is 58.4 Å². The molecule has 1 fully saturated rings. The van der Waals surface area contributed by atoms with Crippen molar-refractivity contribution in [1.29, 1.82) is 0 Å². The van der Waals surface area contributed by atoms with E-state index in [4.69, 9.17) is 0 Å². The van der Waals surface area contributed by atoms with E-state index in [9.17, 15) is 10.1 Å². The van der Waals surface area contributed by atoms with Crippen LogP contribution in [0.15, 0.2) is 18.2 Å². The number of rotatable bonds is 2. The number of hydrogen-bond acceptors (Lipinski definition) is 4. The highest BCUT2D eigenvalue weighted by atomic mass is 16.6. The molecule has 1 aromatic rings. The van der Waals surface area contributed by atoms with Gasteiger partial charge in [-0.05, 0) is 44.5 Å². The molecule has 0 spiro atoms. The highest BCUT2D eigenvalue weighted by Crippen LogP contribution is 2.48. The fourth-order valence-corrected chi connectivity index (χ4v) is 3.77. The van der Waals surface area contributed by atoms with Crippen molar-refractivity contribution in [2.24, 2.45) is 0 Å². The minimum atomic E-state index is -0.295. The molecule has 2 aliphatic heterocycles. The van der Waals surface area contributed by atoms with Gasteiger partial charge in [0.05, 0.1) is 4.92 Å². The van der Waals surface area contributed by atoms with Gasteiger partial charge in [0.2, 0.25) is 0 Å². The lowest BCUT2D eigenvalue weighted by Crippen LogP contribution is -2.49. The Labute approximate surface area is 125 Å². The van der Waals surface area contributed by atoms with Gasteiger partial charge in [-0.3, -0.25) is 10.1 Å². The van der Waals surface area contributed by atoms with Crippen molar-refractivity contribution in [2.75, 3.05) is 18.0 Å². The summed E-state index contributed by atoms with van der Waals surface area (Å²) in [6.07, 6.45) is 2.20. The smallest absolute Gasteiger partial charge is 0.271 e. The molecule has 0 bridgehead atoms. The van der Waals surface area contributed by atoms with Crippen LogP contribution in [0.1, 0.15) is 39.2 Å². The molecule has 114 valence electrons. The lowest BCUT2D eigenvalue weighted by molar-refractivity contribution is -0.384. The molecular weight excluding hydrogens is 266 g/mol. The Balaban J connectivity index is 2.06. The SMILES string of the molecule is CC1N(C2CCNCC2)c2cc([N+](=O)[O-])ccc2C1(C)C. The Kier molecular flexibility index (Phi) is 3.40. The van der Waals surface area contributed by atoms with Crippen LogP contribution in [-0.4, -0.2) is 30.1 Å². The Bertz CT molecular complexity index is 565. The van der Waals surface area contributed by atoms with Gasteiger partial charge in [0.25, 0.3) is 5.69 Å².